The summed E-state index contributed by atoms with van der Waals surface area (Å²) in [5, 5.41) is 35.4. The molecule has 0 aliphatic rings. The molecule has 0 saturated carbocycles. The Balaban J connectivity index is 0.000000240. The van der Waals surface area contributed by atoms with Gasteiger partial charge in [0.15, 0.2) is 0 Å². The molecule has 2 aromatic carbocycles. The summed E-state index contributed by atoms with van der Waals surface area (Å²) in [4.78, 5) is 20.9. The molecule has 2 rings (SSSR count). The van der Waals surface area contributed by atoms with Gasteiger partial charge >= 0.3 is 11.9 Å². The van der Waals surface area contributed by atoms with Gasteiger partial charge in [0.05, 0.1) is 10.0 Å². The minimum absolute atomic E-state index is 0.0695. The highest BCUT2D eigenvalue weighted by molar-refractivity contribution is 6.43. The van der Waals surface area contributed by atoms with Crippen molar-refractivity contribution in [3.63, 3.8) is 0 Å². The summed E-state index contributed by atoms with van der Waals surface area (Å²) in [5.41, 5.74) is -0.558. The zero-order chi connectivity index (χ0) is 18.6. The molecule has 0 aliphatic carbocycles. The van der Waals surface area contributed by atoms with Crippen molar-refractivity contribution in [3.8, 4) is 11.5 Å². The maximum atomic E-state index is 10.4. The van der Waals surface area contributed by atoms with Gasteiger partial charge in [-0.25, -0.2) is 9.59 Å². The highest BCUT2D eigenvalue weighted by Gasteiger charge is 2.14. The lowest BCUT2D eigenvalue weighted by atomic mass is 10.2. The monoisotopic (exact) mass is 412 g/mol. The number of phenols is 2. The zero-order valence-corrected chi connectivity index (χ0v) is 14.5. The summed E-state index contributed by atoms with van der Waals surface area (Å²) in [6.07, 6.45) is 0. The second kappa shape index (κ2) is 8.30. The smallest absolute Gasteiger partial charge is 0.339 e. The predicted molar refractivity (Wildman–Crippen MR) is 90.2 cm³/mol. The molecule has 0 aliphatic heterocycles. The number of hydrogen-bond donors (Lipinski definition) is 4. The molecule has 0 spiro atoms. The molecule has 0 heterocycles. The minimum Gasteiger partial charge on any atom is -0.505 e. The van der Waals surface area contributed by atoms with Crippen LogP contribution in [-0.4, -0.2) is 32.4 Å². The van der Waals surface area contributed by atoms with E-state index < -0.39 is 23.4 Å². The highest BCUT2D eigenvalue weighted by atomic mass is 35.5. The molecular formula is C14H8Cl4O6. The van der Waals surface area contributed by atoms with Gasteiger partial charge < -0.3 is 20.4 Å². The van der Waals surface area contributed by atoms with Gasteiger partial charge in [0.1, 0.15) is 27.6 Å². The van der Waals surface area contributed by atoms with Crippen LogP contribution in [0.1, 0.15) is 20.7 Å². The third-order valence-electron chi connectivity index (χ3n) is 2.56. The number of benzene rings is 2. The molecule has 0 amide bonds. The Hall–Kier alpha value is -1.86. The normalized spacial score (nSPS) is 9.83. The fourth-order valence-electron chi connectivity index (χ4n) is 1.44. The van der Waals surface area contributed by atoms with E-state index in [0.717, 1.165) is 6.07 Å². The van der Waals surface area contributed by atoms with Crippen molar-refractivity contribution in [2.24, 2.45) is 0 Å². The van der Waals surface area contributed by atoms with E-state index in [1.807, 2.05) is 0 Å². The minimum atomic E-state index is -1.27. The Morgan fingerprint density at radius 2 is 1.29 bits per heavy atom. The van der Waals surface area contributed by atoms with Crippen molar-refractivity contribution >= 4 is 58.3 Å². The fraction of sp³-hybridized carbons (Fsp3) is 0. The van der Waals surface area contributed by atoms with Crippen molar-refractivity contribution in [1.82, 2.24) is 0 Å². The summed E-state index contributed by atoms with van der Waals surface area (Å²) in [5.74, 6) is -3.48. The van der Waals surface area contributed by atoms with E-state index in [0.29, 0.717) is 0 Å². The molecule has 0 atom stereocenters. The van der Waals surface area contributed by atoms with Gasteiger partial charge in [0.2, 0.25) is 0 Å². The first-order chi connectivity index (χ1) is 11.1. The lowest BCUT2D eigenvalue weighted by Crippen LogP contribution is -1.96. The number of aromatic carboxylic acids is 2. The number of rotatable bonds is 2. The number of hydrogen-bond acceptors (Lipinski definition) is 4. The second-order valence-corrected chi connectivity index (χ2v) is 5.78. The van der Waals surface area contributed by atoms with E-state index in [-0.39, 0.29) is 31.2 Å². The SMILES string of the molecule is O=C(O)c1cc(Cl)cc(Cl)c1O.O=C(O)c1ccc(Cl)c(Cl)c1O. The molecule has 2 aromatic rings. The van der Waals surface area contributed by atoms with Crippen LogP contribution in [0.3, 0.4) is 0 Å². The Bertz CT molecular complexity index is 806. The number of carboxylic acid groups (broad SMARTS) is 2. The van der Waals surface area contributed by atoms with Crippen molar-refractivity contribution < 1.29 is 30.0 Å². The topological polar surface area (TPSA) is 115 Å². The van der Waals surface area contributed by atoms with Crippen LogP contribution in [0.4, 0.5) is 0 Å². The molecule has 128 valence electrons. The Kier molecular flexibility index (Phi) is 6.98. The number of carbonyl (C=O) groups is 2. The number of aromatic hydroxyl groups is 2. The molecule has 0 aromatic heterocycles. The summed E-state index contributed by atoms with van der Waals surface area (Å²) >= 11 is 22.0. The largest absolute Gasteiger partial charge is 0.505 e. The third-order valence-corrected chi connectivity index (χ3v) is 3.86. The standard InChI is InChI=1S/2C7H4Cl2O3/c8-3-1-4(7(11)12)6(10)5(9)2-3;8-4-2-1-3(7(11)12)6(10)5(4)9/h2*1-2,10H,(H,11,12). The van der Waals surface area contributed by atoms with Gasteiger partial charge in [-0.1, -0.05) is 46.4 Å². The molecule has 6 nitrogen and oxygen atoms in total. The van der Waals surface area contributed by atoms with Gasteiger partial charge in [-0.3, -0.25) is 0 Å². The van der Waals surface area contributed by atoms with Crippen molar-refractivity contribution in [2.75, 3.05) is 0 Å². The van der Waals surface area contributed by atoms with Crippen LogP contribution in [0.15, 0.2) is 24.3 Å². The zero-order valence-electron chi connectivity index (χ0n) is 11.4. The molecule has 0 unspecified atom stereocenters. The van der Waals surface area contributed by atoms with Crippen molar-refractivity contribution in [3.05, 3.63) is 55.5 Å². The van der Waals surface area contributed by atoms with Gasteiger partial charge in [-0.2, -0.15) is 0 Å². The molecule has 24 heavy (non-hydrogen) atoms. The van der Waals surface area contributed by atoms with Crippen molar-refractivity contribution in [1.29, 1.82) is 0 Å². The van der Waals surface area contributed by atoms with Crippen LogP contribution in [-0.2, 0) is 0 Å². The molecule has 0 radical (unpaired) electrons. The first-order valence-electron chi connectivity index (χ1n) is 5.87. The van der Waals surface area contributed by atoms with Gasteiger partial charge in [0.25, 0.3) is 0 Å². The van der Waals surface area contributed by atoms with Crippen molar-refractivity contribution in [2.45, 2.75) is 0 Å². The average Bonchev–Trinajstić information content (AvgIpc) is 2.48. The van der Waals surface area contributed by atoms with Crippen LogP contribution in [0, 0.1) is 0 Å². The van der Waals surface area contributed by atoms with Gasteiger partial charge in [-0.15, -0.1) is 0 Å². The second-order valence-electron chi connectivity index (χ2n) is 4.15. The maximum absolute atomic E-state index is 10.4. The molecule has 0 bridgehead atoms. The van der Waals surface area contributed by atoms with E-state index in [4.69, 9.17) is 66.8 Å². The Labute approximate surface area is 155 Å². The molecule has 10 heteroatoms. The van der Waals surface area contributed by atoms with Crippen LogP contribution >= 0.6 is 46.4 Å². The fourth-order valence-corrected chi connectivity index (χ4v) is 2.25. The Morgan fingerprint density at radius 3 is 1.79 bits per heavy atom. The van der Waals surface area contributed by atoms with Gasteiger partial charge in [0, 0.05) is 5.02 Å². The van der Waals surface area contributed by atoms with Crippen LogP contribution in [0.2, 0.25) is 20.1 Å². The molecule has 0 fully saturated rings. The highest BCUT2D eigenvalue weighted by Crippen LogP contribution is 2.34. The first-order valence-corrected chi connectivity index (χ1v) is 7.39. The lowest BCUT2D eigenvalue weighted by molar-refractivity contribution is 0.0682. The summed E-state index contributed by atoms with van der Waals surface area (Å²) in [6.45, 7) is 0. The van der Waals surface area contributed by atoms with E-state index >= 15 is 0 Å². The van der Waals surface area contributed by atoms with Crippen LogP contribution in [0.25, 0.3) is 0 Å². The quantitative estimate of drug-likeness (QED) is 0.562. The molecule has 4 N–H and O–H groups in total. The van der Waals surface area contributed by atoms with Crippen LogP contribution in [0.5, 0.6) is 11.5 Å². The molecular weight excluding hydrogens is 406 g/mol. The summed E-state index contributed by atoms with van der Waals surface area (Å²) in [6, 6.07) is 4.90. The van der Waals surface area contributed by atoms with E-state index in [9.17, 15) is 9.59 Å². The predicted octanol–water partition coefficient (Wildman–Crippen LogP) is 4.79. The van der Waals surface area contributed by atoms with Gasteiger partial charge in [-0.05, 0) is 24.3 Å². The molecule has 0 saturated heterocycles. The lowest BCUT2D eigenvalue weighted by Gasteiger charge is -2.02. The maximum Gasteiger partial charge on any atom is 0.339 e. The third kappa shape index (κ3) is 4.82. The number of carboxylic acids is 2. The Morgan fingerprint density at radius 1 is 0.750 bits per heavy atom. The first kappa shape index (κ1) is 20.2. The summed E-state index contributed by atoms with van der Waals surface area (Å²) < 4.78 is 0. The van der Waals surface area contributed by atoms with E-state index in [1.165, 1.54) is 18.2 Å². The van der Waals surface area contributed by atoms with Crippen LogP contribution < -0.4 is 0 Å². The number of halogens is 4. The van der Waals surface area contributed by atoms with E-state index in [1.54, 1.807) is 0 Å². The average molecular weight is 414 g/mol. The van der Waals surface area contributed by atoms with E-state index in [2.05, 4.69) is 0 Å². The summed E-state index contributed by atoms with van der Waals surface area (Å²) in [7, 11) is 0.